The summed E-state index contributed by atoms with van der Waals surface area (Å²) in [6.07, 6.45) is 0.346. The van der Waals surface area contributed by atoms with E-state index < -0.39 is 23.5 Å². The minimum atomic E-state index is -0.811. The van der Waals surface area contributed by atoms with E-state index in [0.717, 1.165) is 5.56 Å². The third kappa shape index (κ3) is 2.21. The highest BCUT2D eigenvalue weighted by Gasteiger charge is 2.58. The molecule has 3 rings (SSSR count). The van der Waals surface area contributed by atoms with Crippen molar-refractivity contribution >= 4 is 23.4 Å². The molecule has 0 spiro atoms. The maximum Gasteiger partial charge on any atom is 0.246 e. The number of benzene rings is 1. The molecule has 2 amide bonds. The highest BCUT2D eigenvalue weighted by molar-refractivity contribution is 6.30. The van der Waals surface area contributed by atoms with Crippen molar-refractivity contribution in [3.8, 4) is 6.07 Å². The first-order valence-electron chi connectivity index (χ1n) is 7.56. The molecular formula is C17H18ClN3O2. The Morgan fingerprint density at radius 1 is 1.26 bits per heavy atom. The number of hydrogen-bond acceptors (Lipinski definition) is 3. The summed E-state index contributed by atoms with van der Waals surface area (Å²) in [5.74, 6) is -0.217. The molecule has 2 aliphatic heterocycles. The SMILES string of the molecule is CC1C(=O)N2C(CC(C)(C#N)C2c2ccc(Cl)cc2)C(=O)N1C. The first-order valence-corrected chi connectivity index (χ1v) is 7.93. The number of rotatable bonds is 1. The number of nitrogens with zero attached hydrogens (tertiary/aromatic N) is 3. The van der Waals surface area contributed by atoms with Crippen LogP contribution >= 0.6 is 11.6 Å². The summed E-state index contributed by atoms with van der Waals surface area (Å²) in [6, 6.07) is 7.93. The van der Waals surface area contributed by atoms with Crippen molar-refractivity contribution in [2.45, 2.75) is 38.4 Å². The average molecular weight is 332 g/mol. The molecule has 5 nitrogen and oxygen atoms in total. The standard InChI is InChI=1S/C17H18ClN3O2/c1-10-15(22)21-13(16(23)20(10)3)8-17(2,9-19)14(21)11-4-6-12(18)7-5-11/h4-7,10,13-14H,8H2,1-3H3. The van der Waals surface area contributed by atoms with E-state index in [1.807, 2.05) is 19.1 Å². The van der Waals surface area contributed by atoms with Crippen molar-refractivity contribution in [2.24, 2.45) is 5.41 Å². The third-order valence-corrected chi connectivity index (χ3v) is 5.35. The van der Waals surface area contributed by atoms with Gasteiger partial charge in [-0.15, -0.1) is 0 Å². The van der Waals surface area contributed by atoms with Gasteiger partial charge in [-0.25, -0.2) is 0 Å². The van der Waals surface area contributed by atoms with Crippen LogP contribution in [-0.4, -0.2) is 40.7 Å². The van der Waals surface area contributed by atoms with Crippen LogP contribution in [0.3, 0.4) is 0 Å². The summed E-state index contributed by atoms with van der Waals surface area (Å²) in [4.78, 5) is 28.5. The van der Waals surface area contributed by atoms with E-state index in [1.54, 1.807) is 31.0 Å². The fourth-order valence-electron chi connectivity index (χ4n) is 3.67. The molecule has 2 saturated heterocycles. The predicted octanol–water partition coefficient (Wildman–Crippen LogP) is 2.37. The normalized spacial score (nSPS) is 33.6. The summed E-state index contributed by atoms with van der Waals surface area (Å²) in [5.41, 5.74) is 0.0215. The lowest BCUT2D eigenvalue weighted by Gasteiger charge is -2.42. The summed E-state index contributed by atoms with van der Waals surface area (Å²) >= 11 is 5.95. The van der Waals surface area contributed by atoms with Crippen LogP contribution in [0.25, 0.3) is 0 Å². The Morgan fingerprint density at radius 3 is 2.43 bits per heavy atom. The first-order chi connectivity index (χ1) is 10.8. The Labute approximate surface area is 140 Å². The molecule has 23 heavy (non-hydrogen) atoms. The lowest BCUT2D eigenvalue weighted by molar-refractivity contribution is -0.159. The van der Waals surface area contributed by atoms with E-state index in [0.29, 0.717) is 11.4 Å². The highest BCUT2D eigenvalue weighted by atomic mass is 35.5. The second-order valence-corrected chi connectivity index (χ2v) is 7.01. The van der Waals surface area contributed by atoms with Gasteiger partial charge in [0.25, 0.3) is 0 Å². The predicted molar refractivity (Wildman–Crippen MR) is 85.4 cm³/mol. The second-order valence-electron chi connectivity index (χ2n) is 6.57. The number of nitriles is 1. The van der Waals surface area contributed by atoms with E-state index >= 15 is 0 Å². The Kier molecular flexibility index (Phi) is 3.61. The minimum Gasteiger partial charge on any atom is -0.332 e. The largest absolute Gasteiger partial charge is 0.332 e. The van der Waals surface area contributed by atoms with Gasteiger partial charge >= 0.3 is 0 Å². The summed E-state index contributed by atoms with van der Waals surface area (Å²) in [5, 5.41) is 10.3. The van der Waals surface area contributed by atoms with Crippen LogP contribution in [0.5, 0.6) is 0 Å². The number of hydrogen-bond donors (Lipinski definition) is 0. The van der Waals surface area contributed by atoms with Gasteiger partial charge in [-0.1, -0.05) is 23.7 Å². The van der Waals surface area contributed by atoms with Crippen LogP contribution in [0, 0.1) is 16.7 Å². The molecule has 1 aromatic carbocycles. The van der Waals surface area contributed by atoms with Gasteiger partial charge in [0.2, 0.25) is 11.8 Å². The zero-order valence-electron chi connectivity index (χ0n) is 13.3. The number of halogens is 1. The van der Waals surface area contributed by atoms with Crippen LogP contribution in [-0.2, 0) is 9.59 Å². The number of carbonyl (C=O) groups is 2. The van der Waals surface area contributed by atoms with Crippen molar-refractivity contribution in [1.82, 2.24) is 9.80 Å². The maximum atomic E-state index is 12.8. The fourth-order valence-corrected chi connectivity index (χ4v) is 3.80. The van der Waals surface area contributed by atoms with Crippen LogP contribution in [0.15, 0.2) is 24.3 Å². The van der Waals surface area contributed by atoms with E-state index in [4.69, 9.17) is 11.6 Å². The molecular weight excluding hydrogens is 314 g/mol. The van der Waals surface area contributed by atoms with Crippen LogP contribution in [0.4, 0.5) is 0 Å². The van der Waals surface area contributed by atoms with Gasteiger partial charge in [0.05, 0.1) is 17.5 Å². The zero-order chi connectivity index (χ0) is 16.9. The smallest absolute Gasteiger partial charge is 0.246 e. The van der Waals surface area contributed by atoms with Gasteiger partial charge in [0.1, 0.15) is 12.1 Å². The average Bonchev–Trinajstić information content (AvgIpc) is 2.86. The van der Waals surface area contributed by atoms with Crippen molar-refractivity contribution in [2.75, 3.05) is 7.05 Å². The molecule has 2 aliphatic rings. The summed E-state index contributed by atoms with van der Waals surface area (Å²) in [7, 11) is 1.64. The number of piperazine rings is 1. The molecule has 120 valence electrons. The van der Waals surface area contributed by atoms with E-state index in [9.17, 15) is 14.9 Å². The van der Waals surface area contributed by atoms with E-state index in [2.05, 4.69) is 6.07 Å². The van der Waals surface area contributed by atoms with Crippen molar-refractivity contribution in [3.63, 3.8) is 0 Å². The van der Waals surface area contributed by atoms with Gasteiger partial charge in [-0.05, 0) is 38.0 Å². The molecule has 0 bridgehead atoms. The summed E-state index contributed by atoms with van der Waals surface area (Å²) < 4.78 is 0. The molecule has 2 heterocycles. The molecule has 2 fully saturated rings. The first kappa shape index (κ1) is 15.8. The molecule has 6 heteroatoms. The van der Waals surface area contributed by atoms with Crippen LogP contribution in [0.2, 0.25) is 5.02 Å². The molecule has 0 aliphatic carbocycles. The molecule has 1 aromatic rings. The van der Waals surface area contributed by atoms with Gasteiger partial charge < -0.3 is 9.80 Å². The lowest BCUT2D eigenvalue weighted by atomic mass is 9.79. The molecule has 0 saturated carbocycles. The van der Waals surface area contributed by atoms with Crippen molar-refractivity contribution in [3.05, 3.63) is 34.9 Å². The Bertz CT molecular complexity index is 712. The fraction of sp³-hybridized carbons (Fsp3) is 0.471. The number of likely N-dealkylation sites (N-methyl/N-ethyl adjacent to an activating group) is 1. The Hall–Kier alpha value is -2.06. The zero-order valence-corrected chi connectivity index (χ0v) is 14.0. The van der Waals surface area contributed by atoms with Gasteiger partial charge in [-0.2, -0.15) is 5.26 Å². The lowest BCUT2D eigenvalue weighted by Crippen LogP contribution is -2.60. The minimum absolute atomic E-state index is 0.102. The highest BCUT2D eigenvalue weighted by Crippen LogP contribution is 2.51. The Morgan fingerprint density at radius 2 is 1.87 bits per heavy atom. The van der Waals surface area contributed by atoms with E-state index in [1.165, 1.54) is 4.90 Å². The van der Waals surface area contributed by atoms with Crippen molar-refractivity contribution < 1.29 is 9.59 Å². The van der Waals surface area contributed by atoms with Crippen LogP contribution < -0.4 is 0 Å². The number of amides is 2. The molecule has 0 radical (unpaired) electrons. The van der Waals surface area contributed by atoms with E-state index in [-0.39, 0.29) is 11.8 Å². The molecule has 0 N–H and O–H groups in total. The van der Waals surface area contributed by atoms with Gasteiger partial charge in [0, 0.05) is 12.1 Å². The van der Waals surface area contributed by atoms with Crippen molar-refractivity contribution in [1.29, 1.82) is 5.26 Å². The number of carbonyl (C=O) groups excluding carboxylic acids is 2. The topological polar surface area (TPSA) is 64.4 Å². The Balaban J connectivity index is 2.12. The van der Waals surface area contributed by atoms with Gasteiger partial charge in [0.15, 0.2) is 0 Å². The summed E-state index contributed by atoms with van der Waals surface area (Å²) in [6.45, 7) is 3.53. The second kappa shape index (κ2) is 5.24. The number of fused-ring (bicyclic) bond motifs is 1. The monoisotopic (exact) mass is 331 g/mol. The molecule has 0 aromatic heterocycles. The van der Waals surface area contributed by atoms with Gasteiger partial charge in [-0.3, -0.25) is 9.59 Å². The third-order valence-electron chi connectivity index (χ3n) is 5.10. The van der Waals surface area contributed by atoms with Crippen LogP contribution in [0.1, 0.15) is 31.9 Å². The molecule has 4 atom stereocenters. The molecule has 4 unspecified atom stereocenters. The quantitative estimate of drug-likeness (QED) is 0.793. The maximum absolute atomic E-state index is 12.8.